The summed E-state index contributed by atoms with van der Waals surface area (Å²) >= 11 is 0. The minimum absolute atomic E-state index is 0.444. The van der Waals surface area contributed by atoms with E-state index in [1.54, 1.807) is 7.11 Å². The van der Waals surface area contributed by atoms with Gasteiger partial charge in [-0.2, -0.15) is 0 Å². The molecule has 20 heavy (non-hydrogen) atoms. The van der Waals surface area contributed by atoms with E-state index in [0.29, 0.717) is 6.04 Å². The first-order valence-electron chi connectivity index (χ1n) is 7.22. The molecule has 0 heterocycles. The van der Waals surface area contributed by atoms with Gasteiger partial charge in [0.1, 0.15) is 5.75 Å². The molecule has 0 aliphatic heterocycles. The molecule has 0 fully saturated rings. The molecule has 104 valence electrons. The van der Waals surface area contributed by atoms with E-state index in [-0.39, 0.29) is 0 Å². The van der Waals surface area contributed by atoms with Crippen molar-refractivity contribution in [1.82, 2.24) is 5.32 Å². The molecule has 0 aromatic heterocycles. The number of hydrogen-bond acceptors (Lipinski definition) is 2. The highest BCUT2D eigenvalue weighted by Crippen LogP contribution is 2.33. The van der Waals surface area contributed by atoms with Crippen LogP contribution in [0, 0.1) is 6.92 Å². The molecule has 0 spiro atoms. The first-order valence-corrected chi connectivity index (χ1v) is 7.22. The summed E-state index contributed by atoms with van der Waals surface area (Å²) in [6.07, 6.45) is 2.33. The second-order valence-electron chi connectivity index (χ2n) is 5.46. The lowest BCUT2D eigenvalue weighted by atomic mass is 10.1. The largest absolute Gasteiger partial charge is 0.497 e. The van der Waals surface area contributed by atoms with Crippen LogP contribution in [0.3, 0.4) is 0 Å². The summed E-state index contributed by atoms with van der Waals surface area (Å²) in [5, 5.41) is 3.69. The van der Waals surface area contributed by atoms with E-state index in [1.165, 1.54) is 28.7 Å². The zero-order valence-electron chi connectivity index (χ0n) is 12.1. The Hall–Kier alpha value is -1.80. The molecule has 0 saturated carbocycles. The topological polar surface area (TPSA) is 21.3 Å². The van der Waals surface area contributed by atoms with Crippen molar-refractivity contribution in [2.75, 3.05) is 7.11 Å². The summed E-state index contributed by atoms with van der Waals surface area (Å²) < 4.78 is 5.34. The second kappa shape index (κ2) is 5.68. The van der Waals surface area contributed by atoms with Gasteiger partial charge in [0.25, 0.3) is 0 Å². The monoisotopic (exact) mass is 267 g/mol. The summed E-state index contributed by atoms with van der Waals surface area (Å²) in [6.45, 7) is 3.09. The Morgan fingerprint density at radius 2 is 2.05 bits per heavy atom. The van der Waals surface area contributed by atoms with Crippen LogP contribution in [0.25, 0.3) is 0 Å². The van der Waals surface area contributed by atoms with E-state index in [1.807, 2.05) is 0 Å². The summed E-state index contributed by atoms with van der Waals surface area (Å²) in [6, 6.07) is 15.4. The highest BCUT2D eigenvalue weighted by atomic mass is 16.5. The number of methoxy groups -OCH3 is 1. The van der Waals surface area contributed by atoms with Gasteiger partial charge < -0.3 is 10.1 Å². The Kier molecular flexibility index (Phi) is 3.75. The van der Waals surface area contributed by atoms with Crippen LogP contribution in [0.2, 0.25) is 0 Å². The fourth-order valence-corrected chi connectivity index (χ4v) is 2.96. The van der Waals surface area contributed by atoms with E-state index in [2.05, 4.69) is 54.7 Å². The number of ether oxygens (including phenoxy) is 1. The number of hydrogen-bond donors (Lipinski definition) is 1. The van der Waals surface area contributed by atoms with Crippen LogP contribution in [0.15, 0.2) is 42.5 Å². The molecule has 0 bridgehead atoms. The Balaban J connectivity index is 1.73. The first-order chi connectivity index (χ1) is 9.78. The molecule has 0 saturated heterocycles. The molecule has 2 aromatic rings. The van der Waals surface area contributed by atoms with E-state index < -0.39 is 0 Å². The summed E-state index contributed by atoms with van der Waals surface area (Å²) in [5.74, 6) is 0.952. The van der Waals surface area contributed by atoms with E-state index in [4.69, 9.17) is 4.74 Å². The van der Waals surface area contributed by atoms with Gasteiger partial charge in [0.2, 0.25) is 0 Å². The van der Waals surface area contributed by atoms with Gasteiger partial charge in [0, 0.05) is 12.6 Å². The maximum absolute atomic E-state index is 5.34. The van der Waals surface area contributed by atoms with Crippen LogP contribution in [0.5, 0.6) is 5.75 Å². The Labute approximate surface area is 120 Å². The molecule has 1 atom stereocenters. The smallest absolute Gasteiger partial charge is 0.119 e. The van der Waals surface area contributed by atoms with Gasteiger partial charge in [0.05, 0.1) is 7.11 Å². The fourth-order valence-electron chi connectivity index (χ4n) is 2.96. The van der Waals surface area contributed by atoms with Crippen molar-refractivity contribution in [3.63, 3.8) is 0 Å². The van der Waals surface area contributed by atoms with Gasteiger partial charge in [-0.05, 0) is 54.2 Å². The van der Waals surface area contributed by atoms with Crippen molar-refractivity contribution in [1.29, 1.82) is 0 Å². The zero-order valence-corrected chi connectivity index (χ0v) is 12.1. The van der Waals surface area contributed by atoms with Crippen molar-refractivity contribution in [2.24, 2.45) is 0 Å². The van der Waals surface area contributed by atoms with E-state index in [9.17, 15) is 0 Å². The van der Waals surface area contributed by atoms with Crippen LogP contribution in [-0.4, -0.2) is 7.11 Å². The zero-order chi connectivity index (χ0) is 13.9. The third-order valence-corrected chi connectivity index (χ3v) is 4.23. The van der Waals surface area contributed by atoms with Gasteiger partial charge in [-0.25, -0.2) is 0 Å². The minimum atomic E-state index is 0.444. The van der Waals surface area contributed by atoms with Crippen molar-refractivity contribution < 1.29 is 4.74 Å². The lowest BCUT2D eigenvalue weighted by Crippen LogP contribution is -2.19. The van der Waals surface area contributed by atoms with E-state index in [0.717, 1.165) is 18.7 Å². The van der Waals surface area contributed by atoms with E-state index >= 15 is 0 Å². The average Bonchev–Trinajstić information content (AvgIpc) is 2.88. The molecule has 1 aliphatic rings. The van der Waals surface area contributed by atoms with Crippen LogP contribution in [0.4, 0.5) is 0 Å². The quantitative estimate of drug-likeness (QED) is 0.910. The minimum Gasteiger partial charge on any atom is -0.497 e. The molecule has 1 aliphatic carbocycles. The summed E-state index contributed by atoms with van der Waals surface area (Å²) in [4.78, 5) is 0. The van der Waals surface area contributed by atoms with Gasteiger partial charge >= 0.3 is 0 Å². The van der Waals surface area contributed by atoms with Crippen molar-refractivity contribution in [2.45, 2.75) is 32.4 Å². The highest BCUT2D eigenvalue weighted by molar-refractivity contribution is 5.41. The predicted molar refractivity (Wildman–Crippen MR) is 82.1 cm³/mol. The Morgan fingerprint density at radius 1 is 1.20 bits per heavy atom. The van der Waals surface area contributed by atoms with Gasteiger partial charge in [-0.3, -0.25) is 0 Å². The number of fused-ring (bicyclic) bond motifs is 1. The molecule has 2 heteroatoms. The van der Waals surface area contributed by atoms with Gasteiger partial charge in [-0.15, -0.1) is 0 Å². The molecule has 2 aromatic carbocycles. The van der Waals surface area contributed by atoms with Gasteiger partial charge in [0.15, 0.2) is 0 Å². The highest BCUT2D eigenvalue weighted by Gasteiger charge is 2.22. The molecule has 1 unspecified atom stereocenters. The fraction of sp³-hybridized carbons (Fsp3) is 0.333. The molecular weight excluding hydrogens is 246 g/mol. The normalized spacial score (nSPS) is 17.0. The van der Waals surface area contributed by atoms with Crippen LogP contribution >= 0.6 is 0 Å². The molecule has 3 rings (SSSR count). The maximum atomic E-state index is 5.34. The first kappa shape index (κ1) is 13.2. The van der Waals surface area contributed by atoms with Crippen LogP contribution < -0.4 is 10.1 Å². The Morgan fingerprint density at radius 3 is 2.85 bits per heavy atom. The van der Waals surface area contributed by atoms with Crippen LogP contribution in [0.1, 0.15) is 34.7 Å². The summed E-state index contributed by atoms with van der Waals surface area (Å²) in [5.41, 5.74) is 5.58. The number of aryl methyl sites for hydroxylation is 2. The lowest BCUT2D eigenvalue weighted by molar-refractivity contribution is 0.413. The average molecular weight is 267 g/mol. The van der Waals surface area contributed by atoms with Crippen molar-refractivity contribution >= 4 is 0 Å². The molecular formula is C18H21NO. The Bertz CT molecular complexity index is 606. The maximum Gasteiger partial charge on any atom is 0.119 e. The number of rotatable bonds is 4. The van der Waals surface area contributed by atoms with Crippen molar-refractivity contribution in [3.05, 3.63) is 64.7 Å². The molecule has 0 amide bonds. The lowest BCUT2D eigenvalue weighted by Gasteiger charge is -2.16. The summed E-state index contributed by atoms with van der Waals surface area (Å²) in [7, 11) is 1.73. The third-order valence-electron chi connectivity index (χ3n) is 4.23. The third kappa shape index (κ3) is 2.56. The van der Waals surface area contributed by atoms with Crippen molar-refractivity contribution in [3.8, 4) is 5.75 Å². The molecule has 2 nitrogen and oxygen atoms in total. The van der Waals surface area contributed by atoms with Gasteiger partial charge in [-0.1, -0.05) is 30.3 Å². The number of nitrogens with one attached hydrogen (secondary N) is 1. The standard InChI is InChI=1S/C18H21NO/c1-13-5-3-4-6-15(13)12-19-18-10-8-14-7-9-16(20-2)11-17(14)18/h3-7,9,11,18-19H,8,10,12H2,1-2H3. The molecule has 1 N–H and O–H groups in total. The van der Waals surface area contributed by atoms with Crippen LogP contribution in [-0.2, 0) is 13.0 Å². The predicted octanol–water partition coefficient (Wildman–Crippen LogP) is 3.78. The second-order valence-corrected chi connectivity index (χ2v) is 5.46. The number of benzene rings is 2. The SMILES string of the molecule is COc1ccc2c(c1)C(NCc1ccccc1C)CC2. The molecule has 0 radical (unpaired) electrons.